The lowest BCUT2D eigenvalue weighted by atomic mass is 9.75. The number of hydrogen-bond donors (Lipinski definition) is 14. The number of aromatic nitrogens is 18. The first-order valence-electron chi connectivity index (χ1n) is 44.9. The number of nitrogens with one attached hydrogen (secondary N) is 11. The Balaban J connectivity index is 0.000000137. The molecule has 0 spiro atoms. The average Bonchev–Trinajstić information content (AvgIpc) is 1.63. The highest BCUT2D eigenvalue weighted by atomic mass is 127. The normalized spacial score (nSPS) is 15.8. The minimum Gasteiger partial charge on any atom is -0.480 e. The Morgan fingerprint density at radius 2 is 0.824 bits per heavy atom. The van der Waals surface area contributed by atoms with Crippen molar-refractivity contribution in [1.82, 2.24) is 116 Å². The second kappa shape index (κ2) is 46.7. The Kier molecular flexibility index (Phi) is 35.0. The number of aliphatic carboxylic acids is 1. The first kappa shape index (κ1) is 102. The topological polar surface area (TPSA) is 498 Å². The number of amides is 1. The number of carbonyl (C=O) groups is 6. The molecule has 3 saturated heterocycles. The van der Waals surface area contributed by atoms with Gasteiger partial charge in [0.15, 0.2) is 23.0 Å². The number of rotatable bonds is 17. The predicted octanol–water partition coefficient (Wildman–Crippen LogP) is 13.8. The summed E-state index contributed by atoms with van der Waals surface area (Å²) in [6.45, 7) is 37.0. The smallest absolute Gasteiger partial charge is 0.480 e. The predicted molar refractivity (Wildman–Crippen MR) is 550 cm³/mol. The van der Waals surface area contributed by atoms with Crippen LogP contribution in [0.2, 0.25) is 0 Å². The molecule has 1 amide bonds. The van der Waals surface area contributed by atoms with Crippen molar-refractivity contribution < 1.29 is 57.8 Å². The molecule has 0 radical (unpaired) electrons. The number of nitrogens with zero attached hydrogens (tertiary/aromatic N) is 12. The van der Waals surface area contributed by atoms with E-state index in [2.05, 4.69) is 244 Å². The summed E-state index contributed by atoms with van der Waals surface area (Å²) in [6.07, 6.45) is 19.0. The molecular weight excluding hydrogens is 2070 g/mol. The molecule has 0 saturated carbocycles. The van der Waals surface area contributed by atoms with Crippen LogP contribution in [0.5, 0.6) is 0 Å². The lowest BCUT2D eigenvalue weighted by Gasteiger charge is -2.32. The molecule has 40 heteroatoms. The summed E-state index contributed by atoms with van der Waals surface area (Å²) in [5.41, 5.74) is 28.6. The molecule has 0 bridgehead atoms. The number of carbonyl (C=O) groups excluding carboxylic acids is 4. The number of carboxylic acid groups (broad SMARTS) is 2. The van der Waals surface area contributed by atoms with Gasteiger partial charge in [-0.2, -0.15) is 20.4 Å². The van der Waals surface area contributed by atoms with Gasteiger partial charge < -0.3 is 75.2 Å². The molecule has 14 aromatic rings. The van der Waals surface area contributed by atoms with E-state index in [9.17, 15) is 28.8 Å². The molecule has 0 aliphatic carbocycles. The van der Waals surface area contributed by atoms with Crippen LogP contribution in [-0.2, 0) is 47.6 Å². The largest absolute Gasteiger partial charge is 0.490 e. The lowest BCUT2D eigenvalue weighted by Crippen LogP contribution is -2.45. The average molecular weight is 2190 g/mol. The molecule has 0 atom stereocenters. The van der Waals surface area contributed by atoms with Gasteiger partial charge in [-0.3, -0.25) is 54.2 Å². The summed E-state index contributed by atoms with van der Waals surface area (Å²) >= 11 is 6.67. The number of fused-ring (bicyclic) bond motifs is 5. The van der Waals surface area contributed by atoms with Crippen LogP contribution in [0.15, 0.2) is 115 Å². The summed E-state index contributed by atoms with van der Waals surface area (Å²) < 4.78 is 25.6. The van der Waals surface area contributed by atoms with Crippen molar-refractivity contribution in [3.8, 4) is 0 Å². The quantitative estimate of drug-likeness (QED) is 0.0229. The number of ether oxygens (including phenoxy) is 2. The maximum Gasteiger partial charge on any atom is 0.490 e. The molecule has 0 unspecified atom stereocenters. The van der Waals surface area contributed by atoms with Gasteiger partial charge in [0.2, 0.25) is 5.91 Å². The number of hydrogen-bond acceptors (Lipinski definition) is 24. The number of aromatic amines is 9. The van der Waals surface area contributed by atoms with Gasteiger partial charge in [0.25, 0.3) is 0 Å². The molecular formula is C96H116BI3N24O12. The number of morpholine rings is 2. The lowest BCUT2D eigenvalue weighted by molar-refractivity contribution is -0.139. The van der Waals surface area contributed by atoms with E-state index >= 15 is 0 Å². The Bertz CT molecular complexity index is 6620. The molecule has 20 rings (SSSR count). The Morgan fingerprint density at radius 1 is 0.441 bits per heavy atom. The Morgan fingerprint density at radius 3 is 1.21 bits per heavy atom. The summed E-state index contributed by atoms with van der Waals surface area (Å²) in [5, 5.41) is 55.9. The molecule has 14 aromatic heterocycles. The highest BCUT2D eigenvalue weighted by Gasteiger charge is 2.52. The highest BCUT2D eigenvalue weighted by Crippen LogP contribution is 2.40. The number of carboxylic acids is 2. The van der Waals surface area contributed by atoms with E-state index in [-0.39, 0.29) is 60.2 Å². The summed E-state index contributed by atoms with van der Waals surface area (Å²) in [5.74, 6) is -1.57. The zero-order valence-corrected chi connectivity index (χ0v) is 85.1. The number of halogens is 3. The molecule has 20 heterocycles. The SMILES string of the molecule is CC1(C)OB(C2=CCNCC2)OC1(C)C.Cc1[nH]nc(C(=O)Cc2cnc3[nH]c(C4=CCN(C(=O)CN5CCOCC5)CC4)cc3c2)c1C.Cc1[nH]nc(C(=O)Cc2cnc3[nH]c(C4=CCNCC4)cc3c2)c1C.Cc1[nH]nc(C(=O)Cc2cnc3[nH]c(I)cc3c2)c1C.Cc1[nH]nc(C(=O)O)c1C.Cc1cnc2[nH]c(I)cc2c1.Nc1cnc2[nH]c(I)cc2c1.O=C(O)CN1CCOCC1. The first-order valence-corrected chi connectivity index (χ1v) is 48.1. The second-order valence-electron chi connectivity index (χ2n) is 35.1. The molecule has 136 heavy (non-hydrogen) atoms. The summed E-state index contributed by atoms with van der Waals surface area (Å²) in [4.78, 5) is 115. The van der Waals surface area contributed by atoms with Crippen molar-refractivity contribution in [2.24, 2.45) is 0 Å². The van der Waals surface area contributed by atoms with E-state index in [0.29, 0.717) is 87.2 Å². The highest BCUT2D eigenvalue weighted by molar-refractivity contribution is 14.1. The van der Waals surface area contributed by atoms with Crippen LogP contribution in [0.4, 0.5) is 5.69 Å². The fourth-order valence-corrected chi connectivity index (χ4v) is 17.3. The zero-order chi connectivity index (χ0) is 97.2. The molecule has 716 valence electrons. The van der Waals surface area contributed by atoms with Crippen LogP contribution in [0, 0.1) is 73.4 Å². The van der Waals surface area contributed by atoms with Gasteiger partial charge in [-0.1, -0.05) is 18.2 Å². The van der Waals surface area contributed by atoms with Crippen LogP contribution in [-0.4, -0.2) is 274 Å². The van der Waals surface area contributed by atoms with Gasteiger partial charge in [0.1, 0.15) is 45.3 Å². The minimum absolute atomic E-state index is 0.0123. The van der Waals surface area contributed by atoms with Crippen molar-refractivity contribution in [1.29, 1.82) is 0 Å². The van der Waals surface area contributed by atoms with E-state index in [0.717, 1.165) is 200 Å². The summed E-state index contributed by atoms with van der Waals surface area (Å²) in [6, 6.07) is 20.4. The zero-order valence-electron chi connectivity index (χ0n) is 78.6. The molecule has 6 aliphatic rings. The Labute approximate surface area is 827 Å². The minimum atomic E-state index is -0.984. The van der Waals surface area contributed by atoms with E-state index in [1.807, 2.05) is 101 Å². The van der Waals surface area contributed by atoms with Gasteiger partial charge in [-0.15, -0.1) is 0 Å². The van der Waals surface area contributed by atoms with E-state index < -0.39 is 11.9 Å². The fourth-order valence-electron chi connectivity index (χ4n) is 15.5. The first-order chi connectivity index (χ1) is 65.0. The van der Waals surface area contributed by atoms with Crippen LogP contribution >= 0.6 is 67.8 Å². The molecule has 6 aliphatic heterocycles. The number of pyridine rings is 5. The molecule has 0 aromatic carbocycles. The maximum atomic E-state index is 12.7. The standard InChI is InChI=1S/C25H30N6O3.C19H21N5O.C14H13IN4O.C11H20BNO2.C8H7IN2.C7H6IN3.C6H8N2O2.C6H11NO3/c1-16-17(2)28-29-24(16)22(32)12-18-11-20-13-21(27-25(20)26-14-18)19-3-5-31(6-4-19)23(33)15-30-7-9-34-10-8-30;1-11-12(2)23-24-18(11)17(25)8-13-7-15-9-16(22-19(15)21-10-13)14-3-5-20-6-4-14;1-7-8(2)18-19-13(7)11(20)4-9-3-10-5-12(15)17-14(10)16-6-9;1-10(2)11(3,4)15-12(14-10)9-5-7-13-8-6-9;1-5-2-6-3-7(9)11-8(6)10-4-5;8-6-2-4-1-5(9)3-10-7(4)11-6;1-3-4(2)7-8-5(3)6(9)10;8-6(9)5-7-1-3-10-4-2-7/h3,11,13-14H,4-10,12,15H2,1-2H3,(H,26,27)(H,28,29);3,7,9-10,20H,4-6,8H2,1-2H3,(H,21,22)(H,23,24);3,5-6H,4H2,1-2H3,(H,16,17)(H,18,19);5,13H,6-8H2,1-4H3;2-4H,1H3,(H,10,11);1-3H,9H2,(H,10,11);1-2H3,(H,7,8)(H,9,10);1-5H2,(H,8,9). The Hall–Kier alpha value is -11.3. The number of H-pyrrole nitrogens is 9. The number of nitrogen functional groups attached to an aromatic ring is 1. The van der Waals surface area contributed by atoms with Crippen LogP contribution in [0.1, 0.15) is 168 Å². The van der Waals surface area contributed by atoms with Crippen molar-refractivity contribution in [2.75, 3.05) is 111 Å². The number of ketones is 3. The van der Waals surface area contributed by atoms with Gasteiger partial charge >= 0.3 is 19.1 Å². The maximum absolute atomic E-state index is 12.7. The number of Topliss-reactive ketones (excluding diaryl/α,β-unsaturated/α-hetero) is 3. The van der Waals surface area contributed by atoms with Crippen molar-refractivity contribution >= 4 is 182 Å². The van der Waals surface area contributed by atoms with Crippen molar-refractivity contribution in [3.05, 3.63) is 228 Å². The fraction of sp³-hybridized carbons (Fsp3) is 0.385. The molecule has 36 nitrogen and oxygen atoms in total. The van der Waals surface area contributed by atoms with Crippen molar-refractivity contribution in [3.63, 3.8) is 0 Å². The van der Waals surface area contributed by atoms with Crippen molar-refractivity contribution in [2.45, 2.75) is 140 Å². The van der Waals surface area contributed by atoms with E-state index in [1.54, 1.807) is 38.6 Å². The van der Waals surface area contributed by atoms with Gasteiger partial charge in [0.05, 0.1) is 73.7 Å². The third-order valence-electron chi connectivity index (χ3n) is 24.6. The second-order valence-corrected chi connectivity index (χ2v) is 38.6. The monoisotopic (exact) mass is 2190 g/mol. The number of aryl methyl sites for hydroxylation is 5. The molecule has 3 fully saturated rings. The van der Waals surface area contributed by atoms with Gasteiger partial charge in [-0.05, 0) is 290 Å². The number of anilines is 1. The summed E-state index contributed by atoms with van der Waals surface area (Å²) in [7, 11) is -0.142. The molecule has 15 N–H and O–H groups in total. The van der Waals surface area contributed by atoms with Crippen LogP contribution < -0.4 is 16.4 Å². The third-order valence-corrected chi connectivity index (χ3v) is 26.3. The van der Waals surface area contributed by atoms with Crippen LogP contribution in [0.25, 0.3) is 66.3 Å². The number of nitrogens with two attached hydrogens (primary N) is 1. The van der Waals surface area contributed by atoms with E-state index in [4.69, 9.17) is 34.7 Å². The van der Waals surface area contributed by atoms with E-state index in [1.165, 1.54) is 27.6 Å². The van der Waals surface area contributed by atoms with Gasteiger partial charge in [0, 0.05) is 180 Å². The van der Waals surface area contributed by atoms with Crippen LogP contribution in [0.3, 0.4) is 0 Å². The third kappa shape index (κ3) is 27.1. The van der Waals surface area contributed by atoms with Gasteiger partial charge in [-0.25, -0.2) is 29.7 Å². The number of aromatic carboxylic acids is 1.